The van der Waals surface area contributed by atoms with Crippen LogP contribution < -0.4 is 0 Å². The van der Waals surface area contributed by atoms with Gasteiger partial charge in [0.25, 0.3) is 5.91 Å². The average Bonchev–Trinajstić information content (AvgIpc) is 2.87. The second-order valence-corrected chi connectivity index (χ2v) is 6.21. The Labute approximate surface area is 129 Å². The molecule has 0 aromatic carbocycles. The van der Waals surface area contributed by atoms with Gasteiger partial charge in [-0.2, -0.15) is 5.10 Å². The molecule has 1 aliphatic rings. The first-order valence-electron chi connectivity index (χ1n) is 7.74. The minimum atomic E-state index is -0.381. The molecule has 22 heavy (non-hydrogen) atoms. The van der Waals surface area contributed by atoms with Crippen LogP contribution in [0.15, 0.2) is 12.3 Å². The number of aryl methyl sites for hydroxylation is 2. The third-order valence-corrected chi connectivity index (χ3v) is 4.49. The number of carbonyl (C=O) groups excluding carboxylic acids is 1. The number of hydrogen-bond donors (Lipinski definition) is 1. The Balaban J connectivity index is 1.95. The summed E-state index contributed by atoms with van der Waals surface area (Å²) in [5.74, 6) is 0.166. The molecule has 118 valence electrons. The Morgan fingerprint density at radius 2 is 2.27 bits per heavy atom. The van der Waals surface area contributed by atoms with E-state index in [1.165, 1.54) is 0 Å². The van der Waals surface area contributed by atoms with Crippen LogP contribution in [0.4, 0.5) is 0 Å². The Morgan fingerprint density at radius 3 is 3.00 bits per heavy atom. The van der Waals surface area contributed by atoms with Crippen molar-refractivity contribution in [1.82, 2.24) is 19.7 Å². The fraction of sp³-hybridized carbons (Fsp3) is 0.562. The van der Waals surface area contributed by atoms with Gasteiger partial charge in [-0.1, -0.05) is 0 Å². The number of amides is 1. The van der Waals surface area contributed by atoms with Crippen molar-refractivity contribution < 1.29 is 9.90 Å². The van der Waals surface area contributed by atoms with Gasteiger partial charge in [0.2, 0.25) is 0 Å². The second kappa shape index (κ2) is 5.68. The molecular formula is C16H22N4O2. The number of aromatic nitrogens is 3. The van der Waals surface area contributed by atoms with Crippen molar-refractivity contribution in [3.8, 4) is 0 Å². The molecule has 6 nitrogen and oxygen atoms in total. The third-order valence-electron chi connectivity index (χ3n) is 4.49. The van der Waals surface area contributed by atoms with Crippen LogP contribution in [0.1, 0.15) is 35.8 Å². The summed E-state index contributed by atoms with van der Waals surface area (Å²) in [7, 11) is 1.83. The third kappa shape index (κ3) is 2.59. The standard InChI is InChI=1S/C16H22N4O2/c1-10-7-13(14-8-17-19(3)15(14)18-10)16(22)20-6-4-5-12(9-20)11(2)21/h7-8,11-12,21H,4-6,9H2,1-3H3. The molecule has 6 heteroatoms. The van der Waals surface area contributed by atoms with Gasteiger partial charge in [-0.05, 0) is 32.8 Å². The van der Waals surface area contributed by atoms with Crippen molar-refractivity contribution in [2.75, 3.05) is 13.1 Å². The zero-order valence-electron chi connectivity index (χ0n) is 13.3. The molecule has 1 N–H and O–H groups in total. The lowest BCUT2D eigenvalue weighted by Gasteiger charge is -2.34. The summed E-state index contributed by atoms with van der Waals surface area (Å²) >= 11 is 0. The molecule has 1 saturated heterocycles. The topological polar surface area (TPSA) is 71.2 Å². The van der Waals surface area contributed by atoms with Crippen molar-refractivity contribution in [1.29, 1.82) is 0 Å². The average molecular weight is 302 g/mol. The summed E-state index contributed by atoms with van der Waals surface area (Å²) < 4.78 is 1.69. The molecule has 0 saturated carbocycles. The molecule has 0 bridgehead atoms. The minimum absolute atomic E-state index is 0.00819. The number of nitrogens with zero attached hydrogens (tertiary/aromatic N) is 4. The fourth-order valence-corrected chi connectivity index (χ4v) is 3.18. The molecule has 1 fully saturated rings. The highest BCUT2D eigenvalue weighted by Gasteiger charge is 2.28. The predicted molar refractivity (Wildman–Crippen MR) is 83.6 cm³/mol. The van der Waals surface area contributed by atoms with Crippen molar-refractivity contribution in [2.24, 2.45) is 13.0 Å². The lowest BCUT2D eigenvalue weighted by Crippen LogP contribution is -2.43. The lowest BCUT2D eigenvalue weighted by molar-refractivity contribution is 0.0467. The number of carbonyl (C=O) groups is 1. The number of likely N-dealkylation sites (tertiary alicyclic amines) is 1. The van der Waals surface area contributed by atoms with E-state index in [9.17, 15) is 9.90 Å². The van der Waals surface area contributed by atoms with Crippen molar-refractivity contribution in [3.05, 3.63) is 23.5 Å². The highest BCUT2D eigenvalue weighted by atomic mass is 16.3. The van der Waals surface area contributed by atoms with Gasteiger partial charge in [-0.15, -0.1) is 0 Å². The Bertz CT molecular complexity index is 707. The maximum Gasteiger partial charge on any atom is 0.254 e. The fourth-order valence-electron chi connectivity index (χ4n) is 3.18. The molecule has 0 spiro atoms. The summed E-state index contributed by atoms with van der Waals surface area (Å²) in [6.45, 7) is 5.04. The van der Waals surface area contributed by atoms with Crippen LogP contribution in [-0.4, -0.2) is 49.9 Å². The summed E-state index contributed by atoms with van der Waals surface area (Å²) in [5.41, 5.74) is 2.19. The lowest BCUT2D eigenvalue weighted by atomic mass is 9.93. The van der Waals surface area contributed by atoms with Crippen LogP contribution in [0.25, 0.3) is 11.0 Å². The van der Waals surface area contributed by atoms with E-state index in [1.807, 2.05) is 24.9 Å². The quantitative estimate of drug-likeness (QED) is 0.913. The molecule has 2 aromatic rings. The van der Waals surface area contributed by atoms with Gasteiger partial charge < -0.3 is 10.0 Å². The molecule has 2 aromatic heterocycles. The van der Waals surface area contributed by atoms with Gasteiger partial charge in [-0.25, -0.2) is 4.98 Å². The van der Waals surface area contributed by atoms with E-state index in [0.717, 1.165) is 36.1 Å². The van der Waals surface area contributed by atoms with E-state index in [4.69, 9.17) is 0 Å². The van der Waals surface area contributed by atoms with E-state index in [-0.39, 0.29) is 17.9 Å². The van der Waals surface area contributed by atoms with Crippen LogP contribution in [0, 0.1) is 12.8 Å². The molecule has 1 aliphatic heterocycles. The van der Waals surface area contributed by atoms with Gasteiger partial charge in [0.15, 0.2) is 5.65 Å². The molecule has 1 amide bonds. The van der Waals surface area contributed by atoms with Crippen LogP contribution in [0.2, 0.25) is 0 Å². The van der Waals surface area contributed by atoms with Crippen molar-refractivity contribution in [2.45, 2.75) is 32.8 Å². The van der Waals surface area contributed by atoms with E-state index >= 15 is 0 Å². The Kier molecular flexibility index (Phi) is 3.87. The number of fused-ring (bicyclic) bond motifs is 1. The Hall–Kier alpha value is -1.95. The van der Waals surface area contributed by atoms with Gasteiger partial charge in [0.1, 0.15) is 0 Å². The second-order valence-electron chi connectivity index (χ2n) is 6.21. The molecule has 3 rings (SSSR count). The number of pyridine rings is 1. The first-order chi connectivity index (χ1) is 10.5. The molecule has 0 radical (unpaired) electrons. The summed E-state index contributed by atoms with van der Waals surface area (Å²) in [5, 5.41) is 14.8. The van der Waals surface area contributed by atoms with Crippen molar-refractivity contribution in [3.63, 3.8) is 0 Å². The SMILES string of the molecule is Cc1cc(C(=O)N2CCCC(C(C)O)C2)c2cnn(C)c2n1. The number of piperidine rings is 1. The normalized spacial score (nSPS) is 20.4. The number of aliphatic hydroxyl groups is 1. The molecule has 0 aliphatic carbocycles. The van der Waals surface area contributed by atoms with Gasteiger partial charge in [0.05, 0.1) is 23.3 Å². The summed E-state index contributed by atoms with van der Waals surface area (Å²) in [6.07, 6.45) is 3.22. The highest BCUT2D eigenvalue weighted by molar-refractivity contribution is 6.05. The first-order valence-corrected chi connectivity index (χ1v) is 7.74. The summed E-state index contributed by atoms with van der Waals surface area (Å²) in [4.78, 5) is 19.2. The predicted octanol–water partition coefficient (Wildman–Crippen LogP) is 1.51. The molecular weight excluding hydrogens is 280 g/mol. The zero-order chi connectivity index (χ0) is 15.9. The maximum atomic E-state index is 12.9. The van der Waals surface area contributed by atoms with E-state index in [1.54, 1.807) is 17.8 Å². The molecule has 2 atom stereocenters. The summed E-state index contributed by atoms with van der Waals surface area (Å²) in [6, 6.07) is 1.83. The van der Waals surface area contributed by atoms with Crippen LogP contribution in [-0.2, 0) is 7.05 Å². The van der Waals surface area contributed by atoms with E-state index < -0.39 is 0 Å². The number of hydrogen-bond acceptors (Lipinski definition) is 4. The molecule has 2 unspecified atom stereocenters. The van der Waals surface area contributed by atoms with Crippen LogP contribution in [0.5, 0.6) is 0 Å². The van der Waals surface area contributed by atoms with E-state index in [2.05, 4.69) is 10.1 Å². The van der Waals surface area contributed by atoms with Crippen molar-refractivity contribution >= 4 is 16.9 Å². The van der Waals surface area contributed by atoms with Gasteiger partial charge in [-0.3, -0.25) is 9.48 Å². The van der Waals surface area contributed by atoms with E-state index in [0.29, 0.717) is 12.1 Å². The number of rotatable bonds is 2. The van der Waals surface area contributed by atoms with Crippen LogP contribution >= 0.6 is 0 Å². The largest absolute Gasteiger partial charge is 0.393 e. The first kappa shape index (κ1) is 15.0. The Morgan fingerprint density at radius 1 is 1.50 bits per heavy atom. The smallest absolute Gasteiger partial charge is 0.254 e. The van der Waals surface area contributed by atoms with Gasteiger partial charge >= 0.3 is 0 Å². The van der Waals surface area contributed by atoms with Gasteiger partial charge in [0, 0.05) is 31.7 Å². The maximum absolute atomic E-state index is 12.9. The molecule has 3 heterocycles. The van der Waals surface area contributed by atoms with Crippen LogP contribution in [0.3, 0.4) is 0 Å². The minimum Gasteiger partial charge on any atom is -0.393 e. The zero-order valence-corrected chi connectivity index (χ0v) is 13.3. The highest BCUT2D eigenvalue weighted by Crippen LogP contribution is 2.24. The number of aliphatic hydroxyl groups excluding tert-OH is 1. The monoisotopic (exact) mass is 302 g/mol.